The Kier molecular flexibility index (Phi) is 6.27. The number of hydrogen-bond donors (Lipinski definition) is 0. The van der Waals surface area contributed by atoms with Gasteiger partial charge in [-0.3, -0.25) is 4.79 Å². The number of aromatic nitrogens is 3. The van der Waals surface area contributed by atoms with E-state index < -0.39 is 0 Å². The standard InChI is InChI=1S/C23H26N4O2S2/c28-22(26(15-19-8-4-12-29-19)17-6-2-1-3-7-17)16-31-23-25-24-21(27(23)18-10-11-18)14-20-9-5-13-30-20/h4-6,8-9,12-13,18H,1-3,7,10-11,14-16H2. The van der Waals surface area contributed by atoms with Crippen molar-refractivity contribution in [1.82, 2.24) is 19.7 Å². The van der Waals surface area contributed by atoms with E-state index in [0.717, 1.165) is 61.0 Å². The summed E-state index contributed by atoms with van der Waals surface area (Å²) in [4.78, 5) is 16.5. The predicted octanol–water partition coefficient (Wildman–Crippen LogP) is 5.44. The van der Waals surface area contributed by atoms with E-state index >= 15 is 0 Å². The Morgan fingerprint density at radius 2 is 2.19 bits per heavy atom. The van der Waals surface area contributed by atoms with Crippen molar-refractivity contribution in [2.24, 2.45) is 0 Å². The van der Waals surface area contributed by atoms with E-state index in [4.69, 9.17) is 4.42 Å². The first kappa shape index (κ1) is 20.6. The minimum Gasteiger partial charge on any atom is -0.467 e. The van der Waals surface area contributed by atoms with Crippen molar-refractivity contribution in [3.63, 3.8) is 0 Å². The summed E-state index contributed by atoms with van der Waals surface area (Å²) >= 11 is 3.25. The molecule has 0 bridgehead atoms. The molecule has 0 aliphatic heterocycles. The molecule has 0 unspecified atom stereocenters. The second kappa shape index (κ2) is 9.44. The van der Waals surface area contributed by atoms with Crippen LogP contribution in [0.1, 0.15) is 61.0 Å². The molecule has 2 aliphatic carbocycles. The normalized spacial score (nSPS) is 16.3. The van der Waals surface area contributed by atoms with Gasteiger partial charge in [-0.25, -0.2) is 0 Å². The van der Waals surface area contributed by atoms with Crippen LogP contribution in [-0.2, 0) is 17.8 Å². The van der Waals surface area contributed by atoms with E-state index in [1.807, 2.05) is 17.0 Å². The molecule has 0 spiro atoms. The summed E-state index contributed by atoms with van der Waals surface area (Å²) < 4.78 is 7.78. The SMILES string of the molecule is O=C(CSc1nnc(Cc2cccs2)n1C1CC1)N(Cc1ccco1)C1=CCCCC1. The largest absolute Gasteiger partial charge is 0.467 e. The summed E-state index contributed by atoms with van der Waals surface area (Å²) in [5.41, 5.74) is 1.12. The number of rotatable bonds is 9. The first-order valence-electron chi connectivity index (χ1n) is 10.9. The average Bonchev–Trinajstić information content (AvgIpc) is 3.18. The van der Waals surface area contributed by atoms with Crippen molar-refractivity contribution < 1.29 is 9.21 Å². The molecule has 3 aromatic rings. The van der Waals surface area contributed by atoms with Gasteiger partial charge >= 0.3 is 0 Å². The molecule has 6 nitrogen and oxygen atoms in total. The van der Waals surface area contributed by atoms with Gasteiger partial charge in [0.2, 0.25) is 5.91 Å². The molecule has 0 aromatic carbocycles. The zero-order valence-electron chi connectivity index (χ0n) is 17.4. The van der Waals surface area contributed by atoms with Crippen LogP contribution >= 0.6 is 23.1 Å². The van der Waals surface area contributed by atoms with E-state index in [1.165, 1.54) is 23.1 Å². The lowest BCUT2D eigenvalue weighted by molar-refractivity contribution is -0.127. The third kappa shape index (κ3) is 4.96. The van der Waals surface area contributed by atoms with E-state index in [1.54, 1.807) is 17.6 Å². The molecule has 3 aromatic heterocycles. The van der Waals surface area contributed by atoms with Gasteiger partial charge in [0.15, 0.2) is 5.16 Å². The molecule has 8 heteroatoms. The van der Waals surface area contributed by atoms with Gasteiger partial charge in [-0.1, -0.05) is 23.9 Å². The third-order valence-electron chi connectivity index (χ3n) is 5.69. The highest BCUT2D eigenvalue weighted by atomic mass is 32.2. The van der Waals surface area contributed by atoms with Crippen LogP contribution in [0.4, 0.5) is 0 Å². The van der Waals surface area contributed by atoms with Crippen LogP contribution in [0.15, 0.2) is 57.3 Å². The minimum absolute atomic E-state index is 0.0969. The molecule has 2 aliphatic rings. The van der Waals surface area contributed by atoms with Gasteiger partial charge < -0.3 is 13.9 Å². The van der Waals surface area contributed by atoms with Crippen LogP contribution in [-0.4, -0.2) is 31.3 Å². The van der Waals surface area contributed by atoms with E-state index in [2.05, 4.69) is 38.4 Å². The first-order chi connectivity index (χ1) is 15.3. The summed E-state index contributed by atoms with van der Waals surface area (Å²) in [6.07, 6.45) is 11.3. The second-order valence-corrected chi connectivity index (χ2v) is 10.0. The van der Waals surface area contributed by atoms with Crippen LogP contribution in [0.2, 0.25) is 0 Å². The van der Waals surface area contributed by atoms with Crippen LogP contribution in [0, 0.1) is 0 Å². The lowest BCUT2D eigenvalue weighted by Gasteiger charge is -2.27. The van der Waals surface area contributed by atoms with Gasteiger partial charge in [-0.2, -0.15) is 0 Å². The summed E-state index contributed by atoms with van der Waals surface area (Å²) in [5, 5.41) is 11.9. The molecular formula is C23H26N4O2S2. The highest BCUT2D eigenvalue weighted by Crippen LogP contribution is 2.39. The Labute approximate surface area is 190 Å². The molecular weight excluding hydrogens is 428 g/mol. The number of carbonyl (C=O) groups excluding carboxylic acids is 1. The maximum atomic E-state index is 13.3. The molecule has 0 radical (unpaired) electrons. The lowest BCUT2D eigenvalue weighted by atomic mass is 10.0. The molecule has 162 valence electrons. The average molecular weight is 455 g/mol. The summed E-state index contributed by atoms with van der Waals surface area (Å²) in [5.74, 6) is 2.26. The Hall–Kier alpha value is -2.32. The van der Waals surface area contributed by atoms with Crippen LogP contribution in [0.25, 0.3) is 0 Å². The number of thioether (sulfide) groups is 1. The predicted molar refractivity (Wildman–Crippen MR) is 122 cm³/mol. The number of nitrogens with zero attached hydrogens (tertiary/aromatic N) is 4. The molecule has 1 fully saturated rings. The topological polar surface area (TPSA) is 64.2 Å². The van der Waals surface area contributed by atoms with Crippen molar-refractivity contribution in [3.8, 4) is 0 Å². The maximum Gasteiger partial charge on any atom is 0.237 e. The van der Waals surface area contributed by atoms with Gasteiger partial charge in [-0.15, -0.1) is 21.5 Å². The molecule has 0 N–H and O–H groups in total. The second-order valence-electron chi connectivity index (χ2n) is 8.05. The van der Waals surface area contributed by atoms with Gasteiger partial charge in [0.1, 0.15) is 11.6 Å². The molecule has 5 rings (SSSR count). The van der Waals surface area contributed by atoms with Crippen LogP contribution < -0.4 is 0 Å². The Morgan fingerprint density at radius 3 is 2.90 bits per heavy atom. The molecule has 0 saturated heterocycles. The van der Waals surface area contributed by atoms with Crippen molar-refractivity contribution in [1.29, 1.82) is 0 Å². The first-order valence-corrected chi connectivity index (χ1v) is 12.7. The van der Waals surface area contributed by atoms with Crippen LogP contribution in [0.5, 0.6) is 0 Å². The lowest BCUT2D eigenvalue weighted by Crippen LogP contribution is -2.32. The Balaban J connectivity index is 1.30. The number of furan rings is 1. The zero-order valence-corrected chi connectivity index (χ0v) is 19.0. The number of amides is 1. The summed E-state index contributed by atoms with van der Waals surface area (Å²) in [6.45, 7) is 0.483. The highest BCUT2D eigenvalue weighted by Gasteiger charge is 2.30. The zero-order chi connectivity index (χ0) is 21.0. The fourth-order valence-electron chi connectivity index (χ4n) is 3.97. The fourth-order valence-corrected chi connectivity index (χ4v) is 5.58. The molecule has 1 saturated carbocycles. The van der Waals surface area contributed by atoms with Gasteiger partial charge in [0.25, 0.3) is 0 Å². The summed E-state index contributed by atoms with van der Waals surface area (Å²) in [6, 6.07) is 8.48. The summed E-state index contributed by atoms with van der Waals surface area (Å²) in [7, 11) is 0. The Morgan fingerprint density at radius 1 is 1.26 bits per heavy atom. The van der Waals surface area contributed by atoms with E-state index in [9.17, 15) is 4.79 Å². The maximum absolute atomic E-state index is 13.3. The molecule has 0 atom stereocenters. The quantitative estimate of drug-likeness (QED) is 0.403. The molecule has 31 heavy (non-hydrogen) atoms. The Bertz CT molecular complexity index is 1040. The van der Waals surface area contributed by atoms with E-state index in [-0.39, 0.29) is 5.91 Å². The fraction of sp³-hybridized carbons (Fsp3) is 0.435. The van der Waals surface area contributed by atoms with Crippen molar-refractivity contribution in [2.45, 2.75) is 62.7 Å². The van der Waals surface area contributed by atoms with Crippen molar-refractivity contribution in [2.75, 3.05) is 5.75 Å². The third-order valence-corrected chi connectivity index (χ3v) is 7.50. The van der Waals surface area contributed by atoms with Gasteiger partial charge in [0, 0.05) is 23.0 Å². The molecule has 1 amide bonds. The van der Waals surface area contributed by atoms with E-state index in [0.29, 0.717) is 18.3 Å². The smallest absolute Gasteiger partial charge is 0.237 e. The van der Waals surface area contributed by atoms with Gasteiger partial charge in [0.05, 0.1) is 18.6 Å². The van der Waals surface area contributed by atoms with Crippen LogP contribution in [0.3, 0.4) is 0 Å². The van der Waals surface area contributed by atoms with Crippen molar-refractivity contribution in [3.05, 3.63) is 64.1 Å². The monoisotopic (exact) mass is 454 g/mol. The minimum atomic E-state index is 0.0969. The number of allylic oxidation sites excluding steroid dienone is 2. The number of thiophene rings is 1. The number of hydrogen-bond acceptors (Lipinski definition) is 6. The van der Waals surface area contributed by atoms with Gasteiger partial charge in [-0.05, 0) is 62.1 Å². The number of carbonyl (C=O) groups is 1. The molecule has 3 heterocycles. The van der Waals surface area contributed by atoms with Crippen molar-refractivity contribution >= 4 is 29.0 Å². The highest BCUT2D eigenvalue weighted by molar-refractivity contribution is 7.99.